The van der Waals surface area contributed by atoms with Crippen LogP contribution in [0, 0.1) is 0 Å². The Balaban J connectivity index is 2.29. The molecule has 0 saturated heterocycles. The standard InChI is InChI=1S/C13H22N2O2/c1-15(2)9-11-17-13-6-4-12(5-7-13)14-8-10-16-3/h4-7,14H,8-11H2,1-3H3. The van der Waals surface area contributed by atoms with Crippen molar-refractivity contribution in [2.24, 2.45) is 0 Å². The Morgan fingerprint density at radius 1 is 1.12 bits per heavy atom. The van der Waals surface area contributed by atoms with Crippen LogP contribution in [0.1, 0.15) is 0 Å². The molecule has 0 aromatic heterocycles. The van der Waals surface area contributed by atoms with E-state index in [0.717, 1.165) is 24.5 Å². The minimum Gasteiger partial charge on any atom is -0.492 e. The monoisotopic (exact) mass is 238 g/mol. The van der Waals surface area contributed by atoms with Crippen LogP contribution in [-0.2, 0) is 4.74 Å². The molecule has 0 fully saturated rings. The van der Waals surface area contributed by atoms with Gasteiger partial charge in [0.05, 0.1) is 6.61 Å². The number of hydrogen-bond acceptors (Lipinski definition) is 4. The van der Waals surface area contributed by atoms with Crippen molar-refractivity contribution in [2.75, 3.05) is 52.8 Å². The van der Waals surface area contributed by atoms with Crippen molar-refractivity contribution in [1.82, 2.24) is 4.90 Å². The fourth-order valence-corrected chi connectivity index (χ4v) is 1.31. The van der Waals surface area contributed by atoms with Crippen LogP contribution >= 0.6 is 0 Å². The van der Waals surface area contributed by atoms with E-state index in [0.29, 0.717) is 13.2 Å². The molecule has 1 aromatic carbocycles. The molecular formula is C13H22N2O2. The second-order valence-electron chi connectivity index (χ2n) is 4.10. The molecule has 0 spiro atoms. The molecule has 0 unspecified atom stereocenters. The van der Waals surface area contributed by atoms with Gasteiger partial charge in [-0.05, 0) is 38.4 Å². The molecule has 1 aromatic rings. The van der Waals surface area contributed by atoms with Crippen molar-refractivity contribution >= 4 is 5.69 Å². The van der Waals surface area contributed by atoms with Gasteiger partial charge in [0.1, 0.15) is 12.4 Å². The number of likely N-dealkylation sites (N-methyl/N-ethyl adjacent to an activating group) is 1. The second kappa shape index (κ2) is 7.92. The molecule has 1 rings (SSSR count). The van der Waals surface area contributed by atoms with Gasteiger partial charge in [-0.25, -0.2) is 0 Å². The lowest BCUT2D eigenvalue weighted by molar-refractivity contribution is 0.211. The van der Waals surface area contributed by atoms with E-state index in [1.807, 2.05) is 38.4 Å². The van der Waals surface area contributed by atoms with E-state index < -0.39 is 0 Å². The number of hydrogen-bond donors (Lipinski definition) is 1. The summed E-state index contributed by atoms with van der Waals surface area (Å²) >= 11 is 0. The highest BCUT2D eigenvalue weighted by Crippen LogP contribution is 2.15. The quantitative estimate of drug-likeness (QED) is 0.699. The fraction of sp³-hybridized carbons (Fsp3) is 0.538. The predicted octanol–water partition coefficient (Wildman–Crippen LogP) is 1.69. The Morgan fingerprint density at radius 2 is 1.82 bits per heavy atom. The van der Waals surface area contributed by atoms with Crippen molar-refractivity contribution < 1.29 is 9.47 Å². The van der Waals surface area contributed by atoms with Crippen LogP contribution in [0.25, 0.3) is 0 Å². The minimum absolute atomic E-state index is 0.709. The van der Waals surface area contributed by atoms with Gasteiger partial charge in [-0.2, -0.15) is 0 Å². The summed E-state index contributed by atoms with van der Waals surface area (Å²) in [6, 6.07) is 7.98. The maximum Gasteiger partial charge on any atom is 0.119 e. The molecular weight excluding hydrogens is 216 g/mol. The van der Waals surface area contributed by atoms with Crippen LogP contribution in [0.4, 0.5) is 5.69 Å². The number of rotatable bonds is 8. The van der Waals surface area contributed by atoms with E-state index in [-0.39, 0.29) is 0 Å². The Hall–Kier alpha value is -1.26. The van der Waals surface area contributed by atoms with Crippen molar-refractivity contribution in [3.05, 3.63) is 24.3 Å². The molecule has 1 N–H and O–H groups in total. The highest BCUT2D eigenvalue weighted by atomic mass is 16.5. The summed E-state index contributed by atoms with van der Waals surface area (Å²) in [5, 5.41) is 3.26. The SMILES string of the molecule is COCCNc1ccc(OCCN(C)C)cc1. The number of benzene rings is 1. The molecule has 96 valence electrons. The summed E-state index contributed by atoms with van der Waals surface area (Å²) in [6.45, 7) is 3.16. The van der Waals surface area contributed by atoms with Crippen molar-refractivity contribution in [3.8, 4) is 5.75 Å². The van der Waals surface area contributed by atoms with Crippen LogP contribution in [-0.4, -0.2) is 52.4 Å². The number of methoxy groups -OCH3 is 1. The molecule has 17 heavy (non-hydrogen) atoms. The number of anilines is 1. The minimum atomic E-state index is 0.709. The van der Waals surface area contributed by atoms with Gasteiger partial charge in [-0.1, -0.05) is 0 Å². The summed E-state index contributed by atoms with van der Waals surface area (Å²) in [4.78, 5) is 2.10. The lowest BCUT2D eigenvalue weighted by Crippen LogP contribution is -2.19. The molecule has 4 heteroatoms. The molecule has 0 aliphatic heterocycles. The summed E-state index contributed by atoms with van der Waals surface area (Å²) in [5.41, 5.74) is 1.09. The van der Waals surface area contributed by atoms with Crippen LogP contribution in [0.2, 0.25) is 0 Å². The van der Waals surface area contributed by atoms with Gasteiger partial charge in [0, 0.05) is 25.9 Å². The lowest BCUT2D eigenvalue weighted by atomic mass is 10.3. The second-order valence-corrected chi connectivity index (χ2v) is 4.10. The van der Waals surface area contributed by atoms with Crippen molar-refractivity contribution in [3.63, 3.8) is 0 Å². The smallest absolute Gasteiger partial charge is 0.119 e. The predicted molar refractivity (Wildman–Crippen MR) is 70.9 cm³/mol. The zero-order chi connectivity index (χ0) is 12.5. The summed E-state index contributed by atoms with van der Waals surface area (Å²) in [6.07, 6.45) is 0. The van der Waals surface area contributed by atoms with E-state index in [1.165, 1.54) is 0 Å². The highest BCUT2D eigenvalue weighted by molar-refractivity contribution is 5.46. The Bertz CT molecular complexity index is 299. The highest BCUT2D eigenvalue weighted by Gasteiger charge is 1.96. The first-order valence-electron chi connectivity index (χ1n) is 5.83. The first-order valence-corrected chi connectivity index (χ1v) is 5.83. The van der Waals surface area contributed by atoms with Gasteiger partial charge in [0.15, 0.2) is 0 Å². The summed E-state index contributed by atoms with van der Waals surface area (Å²) in [5.74, 6) is 0.907. The van der Waals surface area contributed by atoms with Crippen LogP contribution in [0.15, 0.2) is 24.3 Å². The largest absolute Gasteiger partial charge is 0.492 e. The van der Waals surface area contributed by atoms with Crippen molar-refractivity contribution in [2.45, 2.75) is 0 Å². The third-order valence-corrected chi connectivity index (χ3v) is 2.30. The molecule has 0 atom stereocenters. The summed E-state index contributed by atoms with van der Waals surface area (Å²) in [7, 11) is 5.77. The normalized spacial score (nSPS) is 10.6. The molecule has 0 heterocycles. The Labute approximate surface area is 104 Å². The van der Waals surface area contributed by atoms with Gasteiger partial charge in [0.25, 0.3) is 0 Å². The molecule has 4 nitrogen and oxygen atoms in total. The van der Waals surface area contributed by atoms with E-state index in [4.69, 9.17) is 9.47 Å². The van der Waals surface area contributed by atoms with Crippen LogP contribution < -0.4 is 10.1 Å². The van der Waals surface area contributed by atoms with Gasteiger partial charge in [-0.15, -0.1) is 0 Å². The molecule has 0 aliphatic carbocycles. The fourth-order valence-electron chi connectivity index (χ4n) is 1.31. The average Bonchev–Trinajstić information content (AvgIpc) is 2.31. The van der Waals surface area contributed by atoms with Gasteiger partial charge >= 0.3 is 0 Å². The molecule has 0 aliphatic rings. The Kier molecular flexibility index (Phi) is 6.43. The molecule has 0 bridgehead atoms. The lowest BCUT2D eigenvalue weighted by Gasteiger charge is -2.11. The first-order chi connectivity index (χ1) is 8.22. The average molecular weight is 238 g/mol. The number of nitrogens with zero attached hydrogens (tertiary/aromatic N) is 1. The maximum absolute atomic E-state index is 5.60. The summed E-state index contributed by atoms with van der Waals surface area (Å²) < 4.78 is 10.6. The van der Waals surface area contributed by atoms with Gasteiger partial charge in [0.2, 0.25) is 0 Å². The topological polar surface area (TPSA) is 33.7 Å². The number of ether oxygens (including phenoxy) is 2. The third kappa shape index (κ3) is 6.14. The molecule has 0 saturated carbocycles. The van der Waals surface area contributed by atoms with Crippen molar-refractivity contribution in [1.29, 1.82) is 0 Å². The maximum atomic E-state index is 5.60. The van der Waals surface area contributed by atoms with Crippen LogP contribution in [0.3, 0.4) is 0 Å². The van der Waals surface area contributed by atoms with Gasteiger partial charge < -0.3 is 19.7 Å². The molecule has 0 amide bonds. The van der Waals surface area contributed by atoms with E-state index in [9.17, 15) is 0 Å². The molecule has 0 radical (unpaired) electrons. The Morgan fingerprint density at radius 3 is 2.41 bits per heavy atom. The zero-order valence-corrected chi connectivity index (χ0v) is 10.9. The first kappa shape index (κ1) is 13.8. The van der Waals surface area contributed by atoms with Gasteiger partial charge in [-0.3, -0.25) is 0 Å². The zero-order valence-electron chi connectivity index (χ0n) is 10.9. The van der Waals surface area contributed by atoms with E-state index >= 15 is 0 Å². The van der Waals surface area contributed by atoms with E-state index in [1.54, 1.807) is 7.11 Å². The van der Waals surface area contributed by atoms with Crippen LogP contribution in [0.5, 0.6) is 5.75 Å². The van der Waals surface area contributed by atoms with E-state index in [2.05, 4.69) is 10.2 Å². The number of nitrogens with one attached hydrogen (secondary N) is 1. The third-order valence-electron chi connectivity index (χ3n) is 2.30.